The molecule has 1 heterocycles. The molecule has 3 atom stereocenters. The first kappa shape index (κ1) is 19.7. The fourth-order valence-electron chi connectivity index (χ4n) is 3.12. The second kappa shape index (κ2) is 6.92. The van der Waals surface area contributed by atoms with Gasteiger partial charge in [-0.25, -0.2) is 9.18 Å². The van der Waals surface area contributed by atoms with Gasteiger partial charge in [0, 0.05) is 6.54 Å². The molecule has 1 aliphatic heterocycles. The molecule has 1 saturated heterocycles. The van der Waals surface area contributed by atoms with E-state index in [0.29, 0.717) is 0 Å². The second-order valence-corrected chi connectivity index (χ2v) is 8.99. The zero-order valence-corrected chi connectivity index (χ0v) is 15.6. The molecule has 25 heavy (non-hydrogen) atoms. The highest BCUT2D eigenvalue weighted by Gasteiger charge is 2.48. The maximum Gasteiger partial charge on any atom is 0.407 e. The molecule has 2 rings (SSSR count). The van der Waals surface area contributed by atoms with E-state index in [1.165, 1.54) is 12.1 Å². The van der Waals surface area contributed by atoms with Gasteiger partial charge in [0.15, 0.2) is 0 Å². The van der Waals surface area contributed by atoms with Crippen LogP contribution in [0.5, 0.6) is 0 Å². The van der Waals surface area contributed by atoms with Gasteiger partial charge in [-0.05, 0) is 30.9 Å². The summed E-state index contributed by atoms with van der Waals surface area (Å²) in [5, 5.41) is 9.31. The Morgan fingerprint density at radius 3 is 2.32 bits per heavy atom. The minimum atomic E-state index is -4.12. The number of benzene rings is 1. The lowest BCUT2D eigenvalue weighted by Gasteiger charge is -2.46. The number of hydrogen-bond donors (Lipinski definition) is 1. The third kappa shape index (κ3) is 4.30. The van der Waals surface area contributed by atoms with Crippen molar-refractivity contribution >= 4 is 16.2 Å². The summed E-state index contributed by atoms with van der Waals surface area (Å²) in [5.41, 5.74) is 0.192. The number of piperidine rings is 1. The highest BCUT2D eigenvalue weighted by molar-refractivity contribution is 7.86. The van der Waals surface area contributed by atoms with Gasteiger partial charge in [0.05, 0.1) is 10.9 Å². The number of amides is 1. The molecule has 6 nitrogen and oxygen atoms in total. The van der Waals surface area contributed by atoms with E-state index in [2.05, 4.69) is 0 Å². The molecule has 1 aromatic carbocycles. The fourth-order valence-corrected chi connectivity index (χ4v) is 4.23. The Morgan fingerprint density at radius 1 is 1.28 bits per heavy atom. The summed E-state index contributed by atoms with van der Waals surface area (Å²) in [6.45, 7) is 7.00. The van der Waals surface area contributed by atoms with Gasteiger partial charge in [-0.15, -0.1) is 0 Å². The standard InChI is InChI=1S/C17H24FNO5S/c1-11-5-7-12(8-6-11)25(22,23)24-13-9-10-19(16(20)21)15(14(13)18)17(2,3)4/h5-8,13-15H,9-10H2,1-4H3,(H,20,21). The molecule has 140 valence electrons. The van der Waals surface area contributed by atoms with E-state index in [1.807, 2.05) is 6.92 Å². The Bertz CT molecular complexity index is 726. The van der Waals surface area contributed by atoms with Crippen LogP contribution in [0.2, 0.25) is 0 Å². The molecule has 0 radical (unpaired) electrons. The third-order valence-corrected chi connectivity index (χ3v) is 5.69. The summed E-state index contributed by atoms with van der Waals surface area (Å²) in [6, 6.07) is 5.09. The van der Waals surface area contributed by atoms with Crippen LogP contribution in [0.25, 0.3) is 0 Å². The number of alkyl halides is 1. The highest BCUT2D eigenvalue weighted by atomic mass is 32.2. The van der Waals surface area contributed by atoms with Crippen LogP contribution in [0.4, 0.5) is 9.18 Å². The third-order valence-electron chi connectivity index (χ3n) is 4.34. The van der Waals surface area contributed by atoms with Crippen LogP contribution in [0.1, 0.15) is 32.8 Å². The van der Waals surface area contributed by atoms with E-state index >= 15 is 4.39 Å². The van der Waals surface area contributed by atoms with Gasteiger partial charge in [0.25, 0.3) is 10.1 Å². The average molecular weight is 373 g/mol. The van der Waals surface area contributed by atoms with Gasteiger partial charge in [-0.1, -0.05) is 38.5 Å². The van der Waals surface area contributed by atoms with Crippen molar-refractivity contribution in [3.05, 3.63) is 29.8 Å². The Kier molecular flexibility index (Phi) is 5.44. The smallest absolute Gasteiger partial charge is 0.407 e. The minimum absolute atomic E-state index is 0.0196. The molecular formula is C17H24FNO5S. The maximum absolute atomic E-state index is 15.0. The molecular weight excluding hydrogens is 349 g/mol. The van der Waals surface area contributed by atoms with E-state index in [1.54, 1.807) is 32.9 Å². The summed E-state index contributed by atoms with van der Waals surface area (Å²) < 4.78 is 45.0. The molecule has 8 heteroatoms. The fraction of sp³-hybridized carbons (Fsp3) is 0.588. The molecule has 0 bridgehead atoms. The van der Waals surface area contributed by atoms with Crippen LogP contribution in [0, 0.1) is 12.3 Å². The Morgan fingerprint density at radius 2 is 1.84 bits per heavy atom. The first-order valence-corrected chi connectivity index (χ1v) is 9.48. The average Bonchev–Trinajstić information content (AvgIpc) is 2.47. The number of rotatable bonds is 3. The van der Waals surface area contributed by atoms with Gasteiger partial charge < -0.3 is 10.0 Å². The van der Waals surface area contributed by atoms with Crippen LogP contribution in [0.15, 0.2) is 29.2 Å². The molecule has 1 amide bonds. The SMILES string of the molecule is Cc1ccc(S(=O)(=O)OC2CCN(C(=O)O)C(C(C)(C)C)C2F)cc1. The zero-order chi connectivity index (χ0) is 19.0. The van der Waals surface area contributed by atoms with Crippen molar-refractivity contribution in [2.24, 2.45) is 5.41 Å². The van der Waals surface area contributed by atoms with Crippen LogP contribution in [-0.2, 0) is 14.3 Å². The largest absolute Gasteiger partial charge is 0.465 e. The zero-order valence-electron chi connectivity index (χ0n) is 14.8. The first-order valence-electron chi connectivity index (χ1n) is 8.07. The molecule has 3 unspecified atom stereocenters. The molecule has 1 N–H and O–H groups in total. The lowest BCUT2D eigenvalue weighted by molar-refractivity contribution is -0.0493. The Hall–Kier alpha value is -1.67. The van der Waals surface area contributed by atoms with E-state index in [4.69, 9.17) is 4.18 Å². The predicted molar refractivity (Wildman–Crippen MR) is 90.7 cm³/mol. The Balaban J connectivity index is 2.25. The number of likely N-dealkylation sites (tertiary alicyclic amines) is 1. The minimum Gasteiger partial charge on any atom is -0.465 e. The summed E-state index contributed by atoms with van der Waals surface area (Å²) in [7, 11) is -4.12. The van der Waals surface area contributed by atoms with Crippen molar-refractivity contribution in [2.45, 2.75) is 57.3 Å². The van der Waals surface area contributed by atoms with E-state index in [-0.39, 0.29) is 17.9 Å². The van der Waals surface area contributed by atoms with Crippen molar-refractivity contribution in [3.8, 4) is 0 Å². The van der Waals surface area contributed by atoms with Crippen molar-refractivity contribution < 1.29 is 26.9 Å². The summed E-state index contributed by atoms with van der Waals surface area (Å²) in [6.07, 6.45) is -4.20. The first-order chi connectivity index (χ1) is 11.4. The van der Waals surface area contributed by atoms with Gasteiger partial charge >= 0.3 is 6.09 Å². The second-order valence-electron chi connectivity index (χ2n) is 7.42. The van der Waals surface area contributed by atoms with Crippen molar-refractivity contribution in [1.82, 2.24) is 4.90 Å². The van der Waals surface area contributed by atoms with Crippen LogP contribution in [-0.4, -0.2) is 49.4 Å². The topological polar surface area (TPSA) is 83.9 Å². The van der Waals surface area contributed by atoms with Crippen molar-refractivity contribution in [2.75, 3.05) is 6.54 Å². The van der Waals surface area contributed by atoms with E-state index in [9.17, 15) is 18.3 Å². The van der Waals surface area contributed by atoms with Gasteiger partial charge in [0.1, 0.15) is 12.3 Å². The maximum atomic E-state index is 15.0. The summed E-state index contributed by atoms with van der Waals surface area (Å²) >= 11 is 0. The molecule has 0 spiro atoms. The van der Waals surface area contributed by atoms with E-state index < -0.39 is 39.9 Å². The number of aryl methyl sites for hydroxylation is 1. The predicted octanol–water partition coefficient (Wildman–Crippen LogP) is 3.21. The lowest BCUT2D eigenvalue weighted by Crippen LogP contribution is -2.60. The molecule has 0 saturated carbocycles. The van der Waals surface area contributed by atoms with Crippen LogP contribution < -0.4 is 0 Å². The Labute approximate surface area is 147 Å². The molecule has 1 aromatic rings. The number of carbonyl (C=O) groups is 1. The normalized spacial score (nSPS) is 25.0. The van der Waals surface area contributed by atoms with E-state index in [0.717, 1.165) is 10.5 Å². The number of carboxylic acid groups (broad SMARTS) is 1. The summed E-state index contributed by atoms with van der Waals surface area (Å²) in [5.74, 6) is 0. The molecule has 1 aliphatic rings. The van der Waals surface area contributed by atoms with Gasteiger partial charge in [-0.2, -0.15) is 8.42 Å². The number of hydrogen-bond acceptors (Lipinski definition) is 4. The van der Waals surface area contributed by atoms with Crippen molar-refractivity contribution in [1.29, 1.82) is 0 Å². The highest BCUT2D eigenvalue weighted by Crippen LogP contribution is 2.36. The van der Waals surface area contributed by atoms with Gasteiger partial charge in [-0.3, -0.25) is 4.18 Å². The summed E-state index contributed by atoms with van der Waals surface area (Å²) in [4.78, 5) is 12.4. The monoisotopic (exact) mass is 373 g/mol. The quantitative estimate of drug-likeness (QED) is 0.823. The lowest BCUT2D eigenvalue weighted by atomic mass is 9.79. The van der Waals surface area contributed by atoms with Crippen LogP contribution >= 0.6 is 0 Å². The van der Waals surface area contributed by atoms with Gasteiger partial charge in [0.2, 0.25) is 0 Å². The number of nitrogens with zero attached hydrogens (tertiary/aromatic N) is 1. The van der Waals surface area contributed by atoms with Crippen molar-refractivity contribution in [3.63, 3.8) is 0 Å². The molecule has 0 aromatic heterocycles. The molecule has 1 fully saturated rings. The number of halogens is 1. The molecule has 0 aliphatic carbocycles. The van der Waals surface area contributed by atoms with Crippen LogP contribution in [0.3, 0.4) is 0 Å².